The van der Waals surface area contributed by atoms with Crippen molar-refractivity contribution in [1.29, 1.82) is 0 Å². The van der Waals surface area contributed by atoms with E-state index in [4.69, 9.17) is 9.47 Å². The molecule has 2 nitrogen and oxygen atoms in total. The molecule has 1 rings (SSSR count). The molecule has 1 saturated heterocycles. The Labute approximate surface area is 113 Å². The highest BCUT2D eigenvalue weighted by atomic mass is 16.7. The van der Waals surface area contributed by atoms with E-state index >= 15 is 0 Å². The fraction of sp³-hybridized carbons (Fsp3) is 0.938. The van der Waals surface area contributed by atoms with Crippen LogP contribution in [0.4, 0.5) is 0 Å². The van der Waals surface area contributed by atoms with Gasteiger partial charge in [-0.2, -0.15) is 0 Å². The zero-order valence-corrected chi connectivity index (χ0v) is 12.3. The SMILES string of the molecule is CCCCCCCCC(CCC)C1OC[CH]CO1. The molecule has 1 fully saturated rings. The van der Waals surface area contributed by atoms with E-state index in [-0.39, 0.29) is 6.29 Å². The molecule has 0 saturated carbocycles. The molecule has 0 aromatic rings. The molecule has 0 spiro atoms. The standard InChI is InChI=1S/C16H31O2/c1-3-5-6-7-8-9-12-15(11-4-2)16-17-13-10-14-18-16/h10,15-16H,3-9,11-14H2,1-2H3. The minimum atomic E-state index is 0.0607. The fourth-order valence-electron chi connectivity index (χ4n) is 2.67. The first-order chi connectivity index (χ1) is 8.88. The summed E-state index contributed by atoms with van der Waals surface area (Å²) < 4.78 is 11.4. The summed E-state index contributed by atoms with van der Waals surface area (Å²) in [5, 5.41) is 0. The highest BCUT2D eigenvalue weighted by Gasteiger charge is 2.24. The number of hydrogen-bond acceptors (Lipinski definition) is 2. The molecule has 1 aliphatic rings. The average molecular weight is 255 g/mol. The minimum absolute atomic E-state index is 0.0607. The van der Waals surface area contributed by atoms with Crippen LogP contribution in [0.1, 0.15) is 71.6 Å². The molecule has 0 aromatic carbocycles. The van der Waals surface area contributed by atoms with Gasteiger partial charge >= 0.3 is 0 Å². The predicted octanol–water partition coefficient (Wildman–Crippen LogP) is 4.73. The molecule has 0 amide bonds. The molecule has 0 aliphatic carbocycles. The Hall–Kier alpha value is -0.0800. The highest BCUT2D eigenvalue weighted by molar-refractivity contribution is 4.72. The monoisotopic (exact) mass is 255 g/mol. The molecule has 1 aliphatic heterocycles. The zero-order chi connectivity index (χ0) is 13.1. The second-order valence-electron chi connectivity index (χ2n) is 5.43. The van der Waals surface area contributed by atoms with Crippen LogP contribution in [-0.4, -0.2) is 19.5 Å². The predicted molar refractivity (Wildman–Crippen MR) is 76.4 cm³/mol. The number of rotatable bonds is 10. The highest BCUT2D eigenvalue weighted by Crippen LogP contribution is 2.25. The maximum atomic E-state index is 5.71. The van der Waals surface area contributed by atoms with Crippen LogP contribution in [0.15, 0.2) is 0 Å². The topological polar surface area (TPSA) is 18.5 Å². The Morgan fingerprint density at radius 2 is 1.56 bits per heavy atom. The van der Waals surface area contributed by atoms with Crippen LogP contribution < -0.4 is 0 Å². The minimum Gasteiger partial charge on any atom is -0.352 e. The molecule has 2 heteroatoms. The van der Waals surface area contributed by atoms with E-state index in [1.165, 1.54) is 57.8 Å². The summed E-state index contributed by atoms with van der Waals surface area (Å²) in [5.74, 6) is 0.606. The fourth-order valence-corrected chi connectivity index (χ4v) is 2.67. The summed E-state index contributed by atoms with van der Waals surface area (Å²) >= 11 is 0. The molecule has 18 heavy (non-hydrogen) atoms. The average Bonchev–Trinajstić information content (AvgIpc) is 2.42. The van der Waals surface area contributed by atoms with Crippen LogP contribution in [0.25, 0.3) is 0 Å². The lowest BCUT2D eigenvalue weighted by atomic mass is 9.95. The van der Waals surface area contributed by atoms with Crippen molar-refractivity contribution in [3.05, 3.63) is 6.42 Å². The lowest BCUT2D eigenvalue weighted by Crippen LogP contribution is -2.32. The Balaban J connectivity index is 2.12. The van der Waals surface area contributed by atoms with E-state index < -0.39 is 0 Å². The van der Waals surface area contributed by atoms with Gasteiger partial charge in [-0.05, 0) is 12.8 Å². The quantitative estimate of drug-likeness (QED) is 0.525. The van der Waals surface area contributed by atoms with Crippen LogP contribution in [0.3, 0.4) is 0 Å². The van der Waals surface area contributed by atoms with Crippen molar-refractivity contribution in [3.63, 3.8) is 0 Å². The third-order valence-electron chi connectivity index (χ3n) is 3.73. The normalized spacial score (nSPS) is 19.0. The summed E-state index contributed by atoms with van der Waals surface area (Å²) in [6.45, 7) is 6.05. The van der Waals surface area contributed by atoms with Crippen LogP contribution in [0.2, 0.25) is 0 Å². The lowest BCUT2D eigenvalue weighted by Gasteiger charge is -2.30. The Morgan fingerprint density at radius 1 is 0.889 bits per heavy atom. The molecular formula is C16H31O2. The summed E-state index contributed by atoms with van der Waals surface area (Å²) in [7, 11) is 0. The molecule has 1 heterocycles. The van der Waals surface area contributed by atoms with Crippen LogP contribution >= 0.6 is 0 Å². The molecule has 1 radical (unpaired) electrons. The van der Waals surface area contributed by atoms with Gasteiger partial charge in [0.05, 0.1) is 13.2 Å². The Morgan fingerprint density at radius 3 is 2.22 bits per heavy atom. The summed E-state index contributed by atoms with van der Waals surface area (Å²) in [6, 6.07) is 0. The number of unbranched alkanes of at least 4 members (excludes halogenated alkanes) is 5. The van der Waals surface area contributed by atoms with Crippen molar-refractivity contribution in [2.75, 3.05) is 13.2 Å². The first-order valence-corrected chi connectivity index (χ1v) is 7.93. The van der Waals surface area contributed by atoms with Gasteiger partial charge in [-0.1, -0.05) is 58.8 Å². The van der Waals surface area contributed by atoms with Gasteiger partial charge in [0, 0.05) is 12.3 Å². The van der Waals surface area contributed by atoms with Crippen molar-refractivity contribution in [1.82, 2.24) is 0 Å². The van der Waals surface area contributed by atoms with E-state index in [1.54, 1.807) is 0 Å². The Kier molecular flexibility index (Phi) is 9.59. The molecule has 1 atom stereocenters. The smallest absolute Gasteiger partial charge is 0.160 e. The lowest BCUT2D eigenvalue weighted by molar-refractivity contribution is -0.190. The van der Waals surface area contributed by atoms with Gasteiger partial charge in [0.2, 0.25) is 0 Å². The zero-order valence-electron chi connectivity index (χ0n) is 12.3. The van der Waals surface area contributed by atoms with Gasteiger partial charge in [0.25, 0.3) is 0 Å². The van der Waals surface area contributed by atoms with E-state index in [0.29, 0.717) is 5.92 Å². The molecule has 0 bridgehead atoms. The second-order valence-corrected chi connectivity index (χ2v) is 5.43. The molecule has 0 aromatic heterocycles. The number of ether oxygens (including phenoxy) is 2. The first-order valence-electron chi connectivity index (χ1n) is 7.93. The largest absolute Gasteiger partial charge is 0.352 e. The van der Waals surface area contributed by atoms with Gasteiger partial charge in [0.15, 0.2) is 6.29 Å². The molecule has 1 unspecified atom stereocenters. The van der Waals surface area contributed by atoms with Crippen molar-refractivity contribution in [2.24, 2.45) is 5.92 Å². The van der Waals surface area contributed by atoms with Gasteiger partial charge in [-0.3, -0.25) is 0 Å². The van der Waals surface area contributed by atoms with E-state index in [2.05, 4.69) is 20.3 Å². The summed E-state index contributed by atoms with van der Waals surface area (Å²) in [4.78, 5) is 0. The van der Waals surface area contributed by atoms with Crippen molar-refractivity contribution in [3.8, 4) is 0 Å². The second kappa shape index (κ2) is 10.8. The van der Waals surface area contributed by atoms with Crippen LogP contribution in [-0.2, 0) is 9.47 Å². The summed E-state index contributed by atoms with van der Waals surface area (Å²) in [6.07, 6.45) is 14.1. The first kappa shape index (κ1) is 16.0. The van der Waals surface area contributed by atoms with E-state index in [1.807, 2.05) is 0 Å². The van der Waals surface area contributed by atoms with Crippen molar-refractivity contribution >= 4 is 0 Å². The number of hydrogen-bond donors (Lipinski definition) is 0. The van der Waals surface area contributed by atoms with Crippen LogP contribution in [0.5, 0.6) is 0 Å². The molecule has 0 N–H and O–H groups in total. The molecule has 107 valence electrons. The van der Waals surface area contributed by atoms with E-state index in [9.17, 15) is 0 Å². The van der Waals surface area contributed by atoms with Crippen molar-refractivity contribution < 1.29 is 9.47 Å². The summed E-state index contributed by atoms with van der Waals surface area (Å²) in [5.41, 5.74) is 0. The van der Waals surface area contributed by atoms with Gasteiger partial charge in [-0.25, -0.2) is 0 Å². The van der Waals surface area contributed by atoms with Gasteiger partial charge < -0.3 is 9.47 Å². The van der Waals surface area contributed by atoms with Crippen molar-refractivity contribution in [2.45, 2.75) is 77.9 Å². The van der Waals surface area contributed by atoms with Crippen LogP contribution in [0, 0.1) is 12.3 Å². The maximum absolute atomic E-state index is 5.71. The Bertz CT molecular complexity index is 176. The van der Waals surface area contributed by atoms with Gasteiger partial charge in [-0.15, -0.1) is 0 Å². The third-order valence-corrected chi connectivity index (χ3v) is 3.73. The van der Waals surface area contributed by atoms with Gasteiger partial charge in [0.1, 0.15) is 0 Å². The van der Waals surface area contributed by atoms with E-state index in [0.717, 1.165) is 13.2 Å². The third kappa shape index (κ3) is 6.75. The molecular weight excluding hydrogens is 224 g/mol. The maximum Gasteiger partial charge on any atom is 0.160 e.